The lowest BCUT2D eigenvalue weighted by atomic mass is 10.1. The smallest absolute Gasteiger partial charge is 0.264 e. The van der Waals surface area contributed by atoms with Gasteiger partial charge in [-0.05, 0) is 72.8 Å². The van der Waals surface area contributed by atoms with E-state index in [1.165, 1.54) is 11.4 Å². The van der Waals surface area contributed by atoms with E-state index in [4.69, 9.17) is 0 Å². The van der Waals surface area contributed by atoms with Crippen LogP contribution in [0.3, 0.4) is 0 Å². The van der Waals surface area contributed by atoms with Crippen LogP contribution < -0.4 is 9.62 Å². The van der Waals surface area contributed by atoms with Crippen LogP contribution >= 0.6 is 11.8 Å². The summed E-state index contributed by atoms with van der Waals surface area (Å²) in [6, 6.07) is 21.2. The number of carbonyl (C=O) groups is 1. The molecule has 1 N–H and O–H groups in total. The molecule has 3 aromatic rings. The zero-order valence-corrected chi connectivity index (χ0v) is 18.8. The molecule has 0 atom stereocenters. The molecule has 0 heterocycles. The summed E-state index contributed by atoms with van der Waals surface area (Å²) in [5.74, 6) is -0.206. The largest absolute Gasteiger partial charge is 0.348 e. The van der Waals surface area contributed by atoms with Crippen molar-refractivity contribution in [1.82, 2.24) is 5.32 Å². The molecule has 0 aliphatic rings. The lowest BCUT2D eigenvalue weighted by molar-refractivity contribution is 0.0951. The lowest BCUT2D eigenvalue weighted by Crippen LogP contribution is -2.27. The van der Waals surface area contributed by atoms with E-state index in [2.05, 4.69) is 5.32 Å². The molecule has 3 aromatic carbocycles. The maximum atomic E-state index is 12.9. The first-order valence-corrected chi connectivity index (χ1v) is 12.0. The van der Waals surface area contributed by atoms with E-state index in [1.807, 2.05) is 37.4 Å². The van der Waals surface area contributed by atoms with Crippen LogP contribution in [0.1, 0.15) is 21.5 Å². The van der Waals surface area contributed by atoms with Crippen molar-refractivity contribution in [3.8, 4) is 0 Å². The summed E-state index contributed by atoms with van der Waals surface area (Å²) in [4.78, 5) is 13.7. The fraction of sp³-hybridized carbons (Fsp3) is 0.174. The second kappa shape index (κ2) is 9.36. The number of hydrogen-bond acceptors (Lipinski definition) is 4. The van der Waals surface area contributed by atoms with Gasteiger partial charge in [-0.1, -0.05) is 24.3 Å². The number of sulfonamides is 1. The third-order valence-electron chi connectivity index (χ3n) is 4.91. The second-order valence-electron chi connectivity index (χ2n) is 6.80. The van der Waals surface area contributed by atoms with Gasteiger partial charge in [-0.25, -0.2) is 8.42 Å². The Labute approximate surface area is 182 Å². The van der Waals surface area contributed by atoms with Crippen molar-refractivity contribution < 1.29 is 13.2 Å². The number of carbonyl (C=O) groups excluding carboxylic acids is 1. The van der Waals surface area contributed by atoms with Gasteiger partial charge in [0.15, 0.2) is 0 Å². The van der Waals surface area contributed by atoms with Gasteiger partial charge in [-0.2, -0.15) is 0 Å². The molecule has 3 rings (SSSR count). The van der Waals surface area contributed by atoms with Gasteiger partial charge in [0, 0.05) is 24.1 Å². The molecule has 1 amide bonds. The standard InChI is InChI=1S/C23H24N2O3S2/c1-17-6-4-5-7-19(17)16-24-23(26)18-8-10-20(11-9-18)25(2)30(27,28)22-14-12-21(29-3)13-15-22/h4-15H,16H2,1-3H3,(H,24,26). The lowest BCUT2D eigenvalue weighted by Gasteiger charge is -2.20. The first-order valence-electron chi connectivity index (χ1n) is 9.38. The fourth-order valence-electron chi connectivity index (χ4n) is 2.95. The summed E-state index contributed by atoms with van der Waals surface area (Å²) < 4.78 is 27.0. The summed E-state index contributed by atoms with van der Waals surface area (Å²) >= 11 is 1.55. The summed E-state index contributed by atoms with van der Waals surface area (Å²) in [6.45, 7) is 2.44. The Morgan fingerprint density at radius 2 is 1.60 bits per heavy atom. The number of aryl methyl sites for hydroxylation is 1. The molecule has 0 aliphatic carbocycles. The molecule has 0 unspecified atom stereocenters. The van der Waals surface area contributed by atoms with Crippen LogP contribution in [-0.2, 0) is 16.6 Å². The molecule has 5 nitrogen and oxygen atoms in total. The van der Waals surface area contributed by atoms with Gasteiger partial charge in [0.1, 0.15) is 0 Å². The third-order valence-corrected chi connectivity index (χ3v) is 7.45. The number of rotatable bonds is 7. The molecule has 156 valence electrons. The first kappa shape index (κ1) is 21.9. The number of nitrogens with one attached hydrogen (secondary N) is 1. The number of amides is 1. The number of hydrogen-bond donors (Lipinski definition) is 1. The Morgan fingerprint density at radius 1 is 0.967 bits per heavy atom. The van der Waals surface area contributed by atoms with Gasteiger partial charge in [0.25, 0.3) is 15.9 Å². The second-order valence-corrected chi connectivity index (χ2v) is 9.65. The molecule has 0 aliphatic heterocycles. The van der Waals surface area contributed by atoms with Crippen LogP contribution in [0, 0.1) is 6.92 Å². The quantitative estimate of drug-likeness (QED) is 0.551. The molecule has 0 saturated carbocycles. The van der Waals surface area contributed by atoms with Crippen LogP contribution in [0.5, 0.6) is 0 Å². The van der Waals surface area contributed by atoms with Crippen LogP contribution in [0.25, 0.3) is 0 Å². The van der Waals surface area contributed by atoms with Gasteiger partial charge in [-0.15, -0.1) is 11.8 Å². The molecule has 0 spiro atoms. The summed E-state index contributed by atoms with van der Waals surface area (Å²) in [5, 5.41) is 2.90. The topological polar surface area (TPSA) is 66.5 Å². The summed E-state index contributed by atoms with van der Waals surface area (Å²) in [7, 11) is -2.17. The molecule has 0 radical (unpaired) electrons. The van der Waals surface area contributed by atoms with E-state index >= 15 is 0 Å². The molecule has 0 saturated heterocycles. The Hall–Kier alpha value is -2.77. The molecule has 0 aromatic heterocycles. The minimum atomic E-state index is -3.68. The zero-order chi connectivity index (χ0) is 21.7. The van der Waals surface area contributed by atoms with Crippen molar-refractivity contribution >= 4 is 33.4 Å². The highest BCUT2D eigenvalue weighted by atomic mass is 32.2. The van der Waals surface area contributed by atoms with Crippen LogP contribution in [0.4, 0.5) is 5.69 Å². The maximum Gasteiger partial charge on any atom is 0.264 e. The maximum absolute atomic E-state index is 12.9. The Kier molecular flexibility index (Phi) is 6.84. The monoisotopic (exact) mass is 440 g/mol. The van der Waals surface area contributed by atoms with Crippen LogP contribution in [0.15, 0.2) is 82.6 Å². The SMILES string of the molecule is CSc1ccc(S(=O)(=O)N(C)c2ccc(C(=O)NCc3ccccc3C)cc2)cc1. The average molecular weight is 441 g/mol. The minimum Gasteiger partial charge on any atom is -0.348 e. The predicted molar refractivity (Wildman–Crippen MR) is 123 cm³/mol. The average Bonchev–Trinajstić information content (AvgIpc) is 2.78. The molecular weight excluding hydrogens is 416 g/mol. The predicted octanol–water partition coefficient (Wildman–Crippen LogP) is 4.47. The number of anilines is 1. The Balaban J connectivity index is 1.70. The highest BCUT2D eigenvalue weighted by Gasteiger charge is 2.21. The van der Waals surface area contributed by atoms with Gasteiger partial charge >= 0.3 is 0 Å². The van der Waals surface area contributed by atoms with E-state index in [0.717, 1.165) is 16.0 Å². The van der Waals surface area contributed by atoms with Crippen molar-refractivity contribution in [1.29, 1.82) is 0 Å². The van der Waals surface area contributed by atoms with Gasteiger partial charge < -0.3 is 5.32 Å². The highest BCUT2D eigenvalue weighted by molar-refractivity contribution is 7.98. The van der Waals surface area contributed by atoms with Crippen molar-refractivity contribution in [2.45, 2.75) is 23.3 Å². The van der Waals surface area contributed by atoms with E-state index in [0.29, 0.717) is 17.8 Å². The third kappa shape index (κ3) is 4.86. The van der Waals surface area contributed by atoms with Gasteiger partial charge in [0.05, 0.1) is 10.6 Å². The highest BCUT2D eigenvalue weighted by Crippen LogP contribution is 2.24. The van der Waals surface area contributed by atoms with E-state index in [-0.39, 0.29) is 10.8 Å². The number of benzene rings is 3. The summed E-state index contributed by atoms with van der Waals surface area (Å²) in [5.41, 5.74) is 3.13. The normalized spacial score (nSPS) is 11.2. The van der Waals surface area contributed by atoms with Crippen molar-refractivity contribution in [3.05, 3.63) is 89.5 Å². The van der Waals surface area contributed by atoms with Crippen molar-refractivity contribution in [3.63, 3.8) is 0 Å². The summed E-state index contributed by atoms with van der Waals surface area (Å²) in [6.07, 6.45) is 1.94. The van der Waals surface area contributed by atoms with Gasteiger partial charge in [-0.3, -0.25) is 9.10 Å². The molecule has 0 bridgehead atoms. The fourth-order valence-corrected chi connectivity index (χ4v) is 4.56. The van der Waals surface area contributed by atoms with E-state index in [1.54, 1.807) is 60.3 Å². The Morgan fingerprint density at radius 3 is 2.20 bits per heavy atom. The number of thioether (sulfide) groups is 1. The van der Waals surface area contributed by atoms with Crippen LogP contribution in [0.2, 0.25) is 0 Å². The zero-order valence-electron chi connectivity index (χ0n) is 17.1. The first-order chi connectivity index (χ1) is 14.3. The van der Waals surface area contributed by atoms with E-state index in [9.17, 15) is 13.2 Å². The van der Waals surface area contributed by atoms with Gasteiger partial charge in [0.2, 0.25) is 0 Å². The molecular formula is C23H24N2O3S2. The minimum absolute atomic E-state index is 0.206. The number of nitrogens with zero attached hydrogens (tertiary/aromatic N) is 1. The van der Waals surface area contributed by atoms with Crippen LogP contribution in [-0.4, -0.2) is 27.6 Å². The molecule has 7 heteroatoms. The molecule has 0 fully saturated rings. The Bertz CT molecular complexity index is 1130. The van der Waals surface area contributed by atoms with E-state index < -0.39 is 10.0 Å². The molecule has 30 heavy (non-hydrogen) atoms. The van der Waals surface area contributed by atoms with Crippen molar-refractivity contribution in [2.75, 3.05) is 17.6 Å². The van der Waals surface area contributed by atoms with Crippen molar-refractivity contribution in [2.24, 2.45) is 0 Å².